The average Bonchev–Trinajstić information content (AvgIpc) is 2.47. The lowest BCUT2D eigenvalue weighted by Gasteiger charge is -2.33. The molecule has 2 N–H and O–H groups in total. The summed E-state index contributed by atoms with van der Waals surface area (Å²) in [6.45, 7) is 8.13. The Bertz CT molecular complexity index is 400. The molecule has 0 amide bonds. The van der Waals surface area contributed by atoms with Gasteiger partial charge in [0.15, 0.2) is 0 Å². The van der Waals surface area contributed by atoms with E-state index in [1.54, 1.807) is 0 Å². The molecule has 1 aromatic rings. The number of aliphatic hydroxyl groups is 1. The van der Waals surface area contributed by atoms with Gasteiger partial charge in [0, 0.05) is 24.8 Å². The lowest BCUT2D eigenvalue weighted by molar-refractivity contribution is 0.0696. The van der Waals surface area contributed by atoms with Gasteiger partial charge >= 0.3 is 0 Å². The van der Waals surface area contributed by atoms with Crippen LogP contribution in [0.4, 0.5) is 5.82 Å². The van der Waals surface area contributed by atoms with Gasteiger partial charge in [-0.15, -0.1) is 0 Å². The smallest absolute Gasteiger partial charge is 0.130 e. The summed E-state index contributed by atoms with van der Waals surface area (Å²) >= 11 is 0. The molecule has 1 unspecified atom stereocenters. The Morgan fingerprint density at radius 2 is 2.20 bits per heavy atom. The first-order chi connectivity index (χ1) is 9.70. The maximum Gasteiger partial charge on any atom is 0.130 e. The van der Waals surface area contributed by atoms with Crippen molar-refractivity contribution in [1.29, 1.82) is 0 Å². The van der Waals surface area contributed by atoms with Crippen LogP contribution in [-0.4, -0.2) is 40.7 Å². The Labute approximate surface area is 122 Å². The number of aliphatic hydroxyl groups excluding tert-OH is 1. The fraction of sp³-hybridized carbons (Fsp3) is 0.688. The number of likely N-dealkylation sites (tertiary alicyclic amines) is 1. The Balaban J connectivity index is 1.90. The van der Waals surface area contributed by atoms with Crippen LogP contribution in [0, 0.1) is 5.92 Å². The predicted octanol–water partition coefficient (Wildman–Crippen LogP) is 2.50. The molecule has 1 fully saturated rings. The van der Waals surface area contributed by atoms with Crippen LogP contribution in [0.25, 0.3) is 0 Å². The molecule has 0 aromatic carbocycles. The molecular weight excluding hydrogens is 250 g/mol. The summed E-state index contributed by atoms with van der Waals surface area (Å²) in [7, 11) is 0. The summed E-state index contributed by atoms with van der Waals surface area (Å²) < 4.78 is 0. The molecule has 0 radical (unpaired) electrons. The fourth-order valence-electron chi connectivity index (χ4n) is 2.80. The van der Waals surface area contributed by atoms with Crippen molar-refractivity contribution in [2.75, 3.05) is 25.0 Å². The summed E-state index contributed by atoms with van der Waals surface area (Å²) in [6, 6.07) is 4.17. The van der Waals surface area contributed by atoms with Gasteiger partial charge in [-0.05, 0) is 51.3 Å². The average molecular weight is 277 g/mol. The summed E-state index contributed by atoms with van der Waals surface area (Å²) in [6.07, 6.45) is 4.97. The second-order valence-electron chi connectivity index (χ2n) is 5.79. The first-order valence-corrected chi connectivity index (χ1v) is 7.79. The molecule has 1 aliphatic rings. The number of rotatable bonds is 6. The van der Waals surface area contributed by atoms with E-state index in [2.05, 4.69) is 28.2 Å². The highest BCUT2D eigenvalue weighted by Crippen LogP contribution is 2.23. The summed E-state index contributed by atoms with van der Waals surface area (Å²) in [5.41, 5.74) is 1.27. The molecule has 1 saturated heterocycles. The van der Waals surface area contributed by atoms with Crippen LogP contribution in [0.3, 0.4) is 0 Å². The zero-order valence-electron chi connectivity index (χ0n) is 12.7. The van der Waals surface area contributed by atoms with E-state index in [0.29, 0.717) is 5.92 Å². The van der Waals surface area contributed by atoms with E-state index >= 15 is 0 Å². The third-order valence-electron chi connectivity index (χ3n) is 4.14. The topological polar surface area (TPSA) is 48.4 Å². The van der Waals surface area contributed by atoms with Gasteiger partial charge in [0.05, 0.1) is 6.10 Å². The third kappa shape index (κ3) is 4.18. The zero-order chi connectivity index (χ0) is 14.4. The third-order valence-corrected chi connectivity index (χ3v) is 4.14. The standard InChI is InChI=1S/C16H27N3O/c1-3-8-17-16-15(5-4-9-18-16)12-19-10-6-14(7-11-19)13(2)20/h4-5,9,13-14,20H,3,6-8,10-12H2,1-2H3,(H,17,18). The van der Waals surface area contributed by atoms with E-state index < -0.39 is 0 Å². The normalized spacial score (nSPS) is 18.9. The van der Waals surface area contributed by atoms with E-state index in [1.807, 2.05) is 19.2 Å². The van der Waals surface area contributed by atoms with Gasteiger partial charge in [0.25, 0.3) is 0 Å². The van der Waals surface area contributed by atoms with E-state index in [1.165, 1.54) is 5.56 Å². The lowest BCUT2D eigenvalue weighted by Crippen LogP contribution is -2.36. The van der Waals surface area contributed by atoms with E-state index in [4.69, 9.17) is 0 Å². The van der Waals surface area contributed by atoms with Crippen LogP contribution in [-0.2, 0) is 6.54 Å². The van der Waals surface area contributed by atoms with Crippen LogP contribution in [0.2, 0.25) is 0 Å². The minimum Gasteiger partial charge on any atom is -0.393 e. The minimum atomic E-state index is -0.169. The summed E-state index contributed by atoms with van der Waals surface area (Å²) in [5.74, 6) is 1.49. The summed E-state index contributed by atoms with van der Waals surface area (Å²) in [5, 5.41) is 13.1. The molecule has 1 aromatic heterocycles. The molecule has 1 aliphatic heterocycles. The largest absolute Gasteiger partial charge is 0.393 e. The number of pyridine rings is 1. The van der Waals surface area contributed by atoms with Crippen LogP contribution in [0.1, 0.15) is 38.7 Å². The first-order valence-electron chi connectivity index (χ1n) is 7.79. The number of anilines is 1. The van der Waals surface area contributed by atoms with Gasteiger partial charge < -0.3 is 10.4 Å². The lowest BCUT2D eigenvalue weighted by atomic mass is 9.92. The van der Waals surface area contributed by atoms with Crippen molar-refractivity contribution < 1.29 is 5.11 Å². The van der Waals surface area contributed by atoms with E-state index in [0.717, 1.165) is 51.3 Å². The Hall–Kier alpha value is -1.13. The maximum atomic E-state index is 9.66. The molecule has 0 aliphatic carbocycles. The molecule has 0 saturated carbocycles. The van der Waals surface area contributed by atoms with Crippen LogP contribution >= 0.6 is 0 Å². The van der Waals surface area contributed by atoms with Crippen molar-refractivity contribution >= 4 is 5.82 Å². The molecule has 1 atom stereocenters. The van der Waals surface area contributed by atoms with Gasteiger partial charge in [-0.2, -0.15) is 0 Å². The molecular formula is C16H27N3O. The van der Waals surface area contributed by atoms with Gasteiger partial charge in [-0.25, -0.2) is 4.98 Å². The predicted molar refractivity (Wildman–Crippen MR) is 82.7 cm³/mol. The molecule has 0 spiro atoms. The highest BCUT2D eigenvalue weighted by Gasteiger charge is 2.23. The molecule has 4 heteroatoms. The zero-order valence-corrected chi connectivity index (χ0v) is 12.7. The van der Waals surface area contributed by atoms with Crippen molar-refractivity contribution in [1.82, 2.24) is 9.88 Å². The van der Waals surface area contributed by atoms with E-state index in [9.17, 15) is 5.11 Å². The number of nitrogens with one attached hydrogen (secondary N) is 1. The SMILES string of the molecule is CCCNc1ncccc1CN1CCC(C(C)O)CC1. The first kappa shape index (κ1) is 15.3. The quantitative estimate of drug-likeness (QED) is 0.839. The molecule has 112 valence electrons. The van der Waals surface area contributed by atoms with Crippen molar-refractivity contribution in [3.63, 3.8) is 0 Å². The minimum absolute atomic E-state index is 0.169. The van der Waals surface area contributed by atoms with Crippen LogP contribution in [0.15, 0.2) is 18.3 Å². The Morgan fingerprint density at radius 1 is 1.45 bits per heavy atom. The van der Waals surface area contributed by atoms with Crippen molar-refractivity contribution in [2.45, 2.75) is 45.8 Å². The summed E-state index contributed by atoms with van der Waals surface area (Å²) in [4.78, 5) is 6.91. The Morgan fingerprint density at radius 3 is 2.85 bits per heavy atom. The van der Waals surface area contributed by atoms with Gasteiger partial charge in [-0.1, -0.05) is 13.0 Å². The highest BCUT2D eigenvalue weighted by atomic mass is 16.3. The van der Waals surface area contributed by atoms with Gasteiger partial charge in [-0.3, -0.25) is 4.90 Å². The second-order valence-corrected chi connectivity index (χ2v) is 5.79. The second kappa shape index (κ2) is 7.60. The number of hydrogen-bond acceptors (Lipinski definition) is 4. The molecule has 2 heterocycles. The van der Waals surface area contributed by atoms with E-state index in [-0.39, 0.29) is 6.10 Å². The molecule has 4 nitrogen and oxygen atoms in total. The number of piperidine rings is 1. The van der Waals surface area contributed by atoms with Crippen LogP contribution in [0.5, 0.6) is 0 Å². The number of aromatic nitrogens is 1. The monoisotopic (exact) mass is 277 g/mol. The van der Waals surface area contributed by atoms with Crippen molar-refractivity contribution in [3.05, 3.63) is 23.9 Å². The van der Waals surface area contributed by atoms with Crippen molar-refractivity contribution in [2.24, 2.45) is 5.92 Å². The number of hydrogen-bond donors (Lipinski definition) is 2. The maximum absolute atomic E-state index is 9.66. The number of nitrogens with zero attached hydrogens (tertiary/aromatic N) is 2. The fourth-order valence-corrected chi connectivity index (χ4v) is 2.80. The Kier molecular flexibility index (Phi) is 5.80. The molecule has 0 bridgehead atoms. The van der Waals surface area contributed by atoms with Crippen LogP contribution < -0.4 is 5.32 Å². The highest BCUT2D eigenvalue weighted by molar-refractivity contribution is 5.43. The van der Waals surface area contributed by atoms with Gasteiger partial charge in [0.2, 0.25) is 0 Å². The van der Waals surface area contributed by atoms with Gasteiger partial charge in [0.1, 0.15) is 5.82 Å². The van der Waals surface area contributed by atoms with Crippen molar-refractivity contribution in [3.8, 4) is 0 Å². The molecule has 2 rings (SSSR count). The molecule has 20 heavy (non-hydrogen) atoms.